The first-order valence-electron chi connectivity index (χ1n) is 20.1. The molecule has 2 aromatic heterocycles. The number of nitrogens with zero attached hydrogens (tertiary/aromatic N) is 2. The van der Waals surface area contributed by atoms with Crippen molar-refractivity contribution >= 4 is 71.1 Å². The molecule has 0 fully saturated rings. The zero-order valence-corrected chi connectivity index (χ0v) is 31.7. The van der Waals surface area contributed by atoms with Crippen molar-refractivity contribution in [1.82, 2.24) is 9.13 Å². The predicted molar refractivity (Wildman–Crippen MR) is 243 cm³/mol. The van der Waals surface area contributed by atoms with Crippen LogP contribution in [0.5, 0.6) is 0 Å². The third kappa shape index (κ3) is 4.71. The lowest BCUT2D eigenvalue weighted by Gasteiger charge is -2.22. The fourth-order valence-corrected chi connectivity index (χ4v) is 10.0. The van der Waals surface area contributed by atoms with Crippen LogP contribution >= 0.6 is 0 Å². The highest BCUT2D eigenvalue weighted by molar-refractivity contribution is 6.24. The van der Waals surface area contributed by atoms with E-state index in [9.17, 15) is 0 Å². The maximum atomic E-state index is 2.50. The molecule has 0 atom stereocenters. The van der Waals surface area contributed by atoms with Crippen LogP contribution < -0.4 is 0 Å². The molecule has 0 radical (unpaired) electrons. The Balaban J connectivity index is 1.25. The second-order valence-electron chi connectivity index (χ2n) is 15.6. The summed E-state index contributed by atoms with van der Waals surface area (Å²) in [6.07, 6.45) is 6.81. The van der Waals surface area contributed by atoms with Crippen molar-refractivity contribution < 1.29 is 0 Å². The molecule has 1 aliphatic carbocycles. The van der Waals surface area contributed by atoms with Crippen molar-refractivity contribution in [2.45, 2.75) is 19.8 Å². The summed E-state index contributed by atoms with van der Waals surface area (Å²) in [5.41, 5.74) is 15.1. The van der Waals surface area contributed by atoms with Gasteiger partial charge in [-0.3, -0.25) is 0 Å². The summed E-state index contributed by atoms with van der Waals surface area (Å²) in [7, 11) is 0. The van der Waals surface area contributed by atoms with Gasteiger partial charge in [-0.2, -0.15) is 0 Å². The Morgan fingerprint density at radius 2 is 0.930 bits per heavy atom. The number of aromatic nitrogens is 2. The van der Waals surface area contributed by atoms with E-state index < -0.39 is 0 Å². The molecule has 0 saturated heterocycles. The standard InChI is InChI=1S/C55H38N2/c1-35-15-2-4-18-39(35)54-46-31-29-38(57-52-27-12-8-22-43(52)44-23-9-13-28-53(44)57)34-49(46)55(45-24-14-17-36-16-3-5-19-40(36)45)47-32-30-37(33-48(47)54)56-50-25-10-6-20-41(50)42-21-7-11-26-51(42)56/h2-8,10-22,24-34H,9,23H2,1H3. The SMILES string of the molecule is Cc1ccccc1-c1c2cc(-n3c4ccccc4c4ccccc43)ccc2c(-c2cccc3ccccc23)c2cc(-n3c4c(c5ccccc53)CCC=C4)ccc12. The summed E-state index contributed by atoms with van der Waals surface area (Å²) < 4.78 is 4.94. The van der Waals surface area contributed by atoms with Crippen LogP contribution in [-0.4, -0.2) is 9.13 Å². The second-order valence-corrected chi connectivity index (χ2v) is 15.6. The highest BCUT2D eigenvalue weighted by atomic mass is 15.0. The van der Waals surface area contributed by atoms with Gasteiger partial charge in [0, 0.05) is 33.2 Å². The largest absolute Gasteiger partial charge is 0.310 e. The minimum atomic E-state index is 1.06. The fraction of sp³-hybridized carbons (Fsp3) is 0.0545. The molecule has 2 nitrogen and oxygen atoms in total. The normalized spacial score (nSPS) is 12.8. The molecule has 1 aliphatic rings. The van der Waals surface area contributed by atoms with Crippen molar-refractivity contribution in [3.05, 3.63) is 199 Å². The quantitative estimate of drug-likeness (QED) is 0.160. The van der Waals surface area contributed by atoms with Crippen LogP contribution in [0.1, 0.15) is 23.2 Å². The molecule has 2 heteroatoms. The summed E-state index contributed by atoms with van der Waals surface area (Å²) in [5.74, 6) is 0. The lowest BCUT2D eigenvalue weighted by molar-refractivity contribution is 0.968. The summed E-state index contributed by atoms with van der Waals surface area (Å²) in [6.45, 7) is 2.25. The molecule has 57 heavy (non-hydrogen) atoms. The number of benzene rings is 9. The molecular weight excluding hydrogens is 689 g/mol. The monoisotopic (exact) mass is 726 g/mol. The molecule has 0 bridgehead atoms. The van der Waals surface area contributed by atoms with E-state index in [4.69, 9.17) is 0 Å². The van der Waals surface area contributed by atoms with Crippen LogP contribution in [0.4, 0.5) is 0 Å². The van der Waals surface area contributed by atoms with E-state index in [1.807, 2.05) is 0 Å². The Labute approximate surface area is 331 Å². The molecule has 0 N–H and O–H groups in total. The second kappa shape index (κ2) is 12.4. The van der Waals surface area contributed by atoms with Gasteiger partial charge >= 0.3 is 0 Å². The first kappa shape index (κ1) is 32.1. The van der Waals surface area contributed by atoms with E-state index in [-0.39, 0.29) is 0 Å². The highest BCUT2D eigenvalue weighted by Gasteiger charge is 2.23. The van der Waals surface area contributed by atoms with Crippen molar-refractivity contribution in [3.8, 4) is 33.6 Å². The van der Waals surface area contributed by atoms with Gasteiger partial charge in [-0.15, -0.1) is 0 Å². The molecule has 0 spiro atoms. The van der Waals surface area contributed by atoms with Gasteiger partial charge in [0.05, 0.1) is 16.6 Å². The van der Waals surface area contributed by atoms with E-state index in [0.29, 0.717) is 0 Å². The lowest BCUT2D eigenvalue weighted by atomic mass is 9.83. The van der Waals surface area contributed by atoms with Crippen LogP contribution in [0, 0.1) is 6.92 Å². The van der Waals surface area contributed by atoms with E-state index >= 15 is 0 Å². The first-order chi connectivity index (χ1) is 28.2. The van der Waals surface area contributed by atoms with Gasteiger partial charge in [-0.25, -0.2) is 0 Å². The number of para-hydroxylation sites is 3. The molecule has 2 heterocycles. The summed E-state index contributed by atoms with van der Waals surface area (Å²) >= 11 is 0. The maximum absolute atomic E-state index is 2.50. The fourth-order valence-electron chi connectivity index (χ4n) is 10.0. The van der Waals surface area contributed by atoms with Gasteiger partial charge in [0.2, 0.25) is 0 Å². The summed E-state index contributed by atoms with van der Waals surface area (Å²) in [5, 5.41) is 11.4. The molecule has 268 valence electrons. The summed E-state index contributed by atoms with van der Waals surface area (Å²) in [6, 6.07) is 65.5. The van der Waals surface area contributed by atoms with Gasteiger partial charge < -0.3 is 9.13 Å². The van der Waals surface area contributed by atoms with Gasteiger partial charge in [0.25, 0.3) is 0 Å². The number of allylic oxidation sites excluding steroid dienone is 1. The van der Waals surface area contributed by atoms with Gasteiger partial charge in [0.15, 0.2) is 0 Å². The average molecular weight is 727 g/mol. The number of hydrogen-bond donors (Lipinski definition) is 0. The smallest absolute Gasteiger partial charge is 0.0541 e. The Morgan fingerprint density at radius 1 is 0.404 bits per heavy atom. The molecule has 0 aliphatic heterocycles. The van der Waals surface area contributed by atoms with Crippen molar-refractivity contribution in [2.75, 3.05) is 0 Å². The third-order valence-corrected chi connectivity index (χ3v) is 12.5. The van der Waals surface area contributed by atoms with Crippen LogP contribution in [0.3, 0.4) is 0 Å². The molecule has 0 saturated carbocycles. The molecular formula is C55H38N2. The molecule has 11 aromatic rings. The molecule has 0 amide bonds. The van der Waals surface area contributed by atoms with E-state index in [2.05, 4.69) is 204 Å². The number of hydrogen-bond acceptors (Lipinski definition) is 0. The first-order valence-corrected chi connectivity index (χ1v) is 20.1. The zero-order valence-electron chi connectivity index (χ0n) is 31.7. The van der Waals surface area contributed by atoms with Crippen molar-refractivity contribution in [3.63, 3.8) is 0 Å². The highest BCUT2D eigenvalue weighted by Crippen LogP contribution is 2.48. The van der Waals surface area contributed by atoms with Crippen LogP contribution in [0.25, 0.3) is 105 Å². The van der Waals surface area contributed by atoms with Gasteiger partial charge in [-0.05, 0) is 134 Å². The summed E-state index contributed by atoms with van der Waals surface area (Å²) in [4.78, 5) is 0. The average Bonchev–Trinajstić information content (AvgIpc) is 3.79. The van der Waals surface area contributed by atoms with Crippen LogP contribution in [0.2, 0.25) is 0 Å². The van der Waals surface area contributed by atoms with E-state index in [1.54, 1.807) is 0 Å². The number of fused-ring (bicyclic) bond motifs is 9. The van der Waals surface area contributed by atoms with Crippen molar-refractivity contribution in [1.29, 1.82) is 0 Å². The lowest BCUT2D eigenvalue weighted by Crippen LogP contribution is -2.01. The van der Waals surface area contributed by atoms with Crippen LogP contribution in [-0.2, 0) is 6.42 Å². The Bertz CT molecular complexity index is 3420. The third-order valence-electron chi connectivity index (χ3n) is 12.5. The Kier molecular flexibility index (Phi) is 7.00. The zero-order chi connectivity index (χ0) is 37.6. The van der Waals surface area contributed by atoms with E-state index in [1.165, 1.54) is 110 Å². The van der Waals surface area contributed by atoms with Gasteiger partial charge in [-0.1, -0.05) is 140 Å². The van der Waals surface area contributed by atoms with E-state index in [0.717, 1.165) is 18.5 Å². The molecule has 9 aromatic carbocycles. The van der Waals surface area contributed by atoms with Gasteiger partial charge in [0.1, 0.15) is 0 Å². The molecule has 0 unspecified atom stereocenters. The van der Waals surface area contributed by atoms with Crippen LogP contribution in [0.15, 0.2) is 182 Å². The number of rotatable bonds is 4. The number of aryl methyl sites for hydroxylation is 2. The van der Waals surface area contributed by atoms with Crippen molar-refractivity contribution in [2.24, 2.45) is 0 Å². The minimum absolute atomic E-state index is 1.06. The predicted octanol–water partition coefficient (Wildman–Crippen LogP) is 14.8. The topological polar surface area (TPSA) is 9.86 Å². The Morgan fingerprint density at radius 3 is 1.63 bits per heavy atom. The maximum Gasteiger partial charge on any atom is 0.0541 e. The molecule has 12 rings (SSSR count). The minimum Gasteiger partial charge on any atom is -0.310 e. The Hall–Kier alpha value is -7.16.